The predicted octanol–water partition coefficient (Wildman–Crippen LogP) is 1.16. The Hall–Kier alpha value is -1.24. The number of carboxylic acids is 1. The number of nitrogens with zero attached hydrogens (tertiary/aromatic N) is 1. The van der Waals surface area contributed by atoms with Gasteiger partial charge in [-0.3, -0.25) is 14.9 Å². The maximum absolute atomic E-state index is 11.7. The van der Waals surface area contributed by atoms with E-state index in [9.17, 15) is 14.4 Å². The minimum absolute atomic E-state index is 0.0623. The fraction of sp³-hybridized carbons (Fsp3) is 0.727. The van der Waals surface area contributed by atoms with E-state index in [1.54, 1.807) is 18.8 Å². The van der Waals surface area contributed by atoms with Crippen LogP contribution in [0.4, 0.5) is 4.79 Å². The monoisotopic (exact) mass is 276 g/mol. The number of carboxylic acid groups (broad SMARTS) is 1. The zero-order valence-electron chi connectivity index (χ0n) is 10.9. The number of nitrogens with one attached hydrogen (secondary N) is 1. The van der Waals surface area contributed by atoms with Crippen LogP contribution in [0.3, 0.4) is 0 Å². The maximum atomic E-state index is 11.7. The molecule has 18 heavy (non-hydrogen) atoms. The van der Waals surface area contributed by atoms with E-state index in [0.717, 1.165) is 12.2 Å². The molecule has 0 radical (unpaired) electrons. The molecule has 0 aromatic heterocycles. The number of urea groups is 1. The lowest BCUT2D eigenvalue weighted by molar-refractivity contribution is -0.138. The third kappa shape index (κ3) is 6.48. The average Bonchev–Trinajstić information content (AvgIpc) is 2.32. The van der Waals surface area contributed by atoms with E-state index < -0.39 is 17.9 Å². The molecule has 0 bridgehead atoms. The van der Waals surface area contributed by atoms with E-state index in [1.165, 1.54) is 4.90 Å². The number of rotatable bonds is 7. The van der Waals surface area contributed by atoms with Gasteiger partial charge in [-0.15, -0.1) is 0 Å². The van der Waals surface area contributed by atoms with Gasteiger partial charge in [0.2, 0.25) is 5.91 Å². The Labute approximate surface area is 111 Å². The zero-order chi connectivity index (χ0) is 14.1. The lowest BCUT2D eigenvalue weighted by Crippen LogP contribution is -2.46. The lowest BCUT2D eigenvalue weighted by Gasteiger charge is -2.26. The highest BCUT2D eigenvalue weighted by Gasteiger charge is 2.19. The van der Waals surface area contributed by atoms with Crippen LogP contribution in [0.2, 0.25) is 0 Å². The summed E-state index contributed by atoms with van der Waals surface area (Å²) in [7, 11) is 1.63. The van der Waals surface area contributed by atoms with Crippen LogP contribution in [-0.2, 0) is 9.59 Å². The van der Waals surface area contributed by atoms with Crippen LogP contribution in [0.25, 0.3) is 0 Å². The van der Waals surface area contributed by atoms with Crippen molar-refractivity contribution in [2.75, 3.05) is 19.1 Å². The van der Waals surface area contributed by atoms with E-state index in [2.05, 4.69) is 5.32 Å². The Kier molecular flexibility index (Phi) is 8.19. The van der Waals surface area contributed by atoms with Crippen LogP contribution in [0, 0.1) is 0 Å². The van der Waals surface area contributed by atoms with Gasteiger partial charge < -0.3 is 10.0 Å². The standard InChI is InChI=1S/C11H20N2O4S/c1-4-8(7-18-3)13(2)11(17)12-9(14)5-6-10(15)16/h8H,4-7H2,1-3H3,(H,15,16)(H,12,14,17). The summed E-state index contributed by atoms with van der Waals surface area (Å²) < 4.78 is 0. The van der Waals surface area contributed by atoms with Gasteiger partial charge in [-0.2, -0.15) is 11.8 Å². The first-order valence-corrected chi connectivity index (χ1v) is 7.09. The Morgan fingerprint density at radius 2 is 1.94 bits per heavy atom. The normalized spacial score (nSPS) is 11.7. The molecule has 0 spiro atoms. The molecule has 0 fully saturated rings. The van der Waals surface area contributed by atoms with Gasteiger partial charge in [0.25, 0.3) is 0 Å². The molecule has 1 unspecified atom stereocenters. The number of hydrogen-bond donors (Lipinski definition) is 2. The molecule has 7 heteroatoms. The van der Waals surface area contributed by atoms with Crippen LogP contribution >= 0.6 is 11.8 Å². The van der Waals surface area contributed by atoms with Crippen molar-refractivity contribution in [3.8, 4) is 0 Å². The van der Waals surface area contributed by atoms with Gasteiger partial charge in [0.1, 0.15) is 0 Å². The minimum Gasteiger partial charge on any atom is -0.481 e. The summed E-state index contributed by atoms with van der Waals surface area (Å²) in [5, 5.41) is 10.6. The molecule has 0 aliphatic carbocycles. The van der Waals surface area contributed by atoms with Gasteiger partial charge in [-0.05, 0) is 12.7 Å². The number of amides is 3. The molecule has 0 aliphatic rings. The third-order valence-corrected chi connectivity index (χ3v) is 3.23. The summed E-state index contributed by atoms with van der Waals surface area (Å²) in [6, 6.07) is -0.418. The largest absolute Gasteiger partial charge is 0.481 e. The number of aliphatic carboxylic acids is 1. The van der Waals surface area contributed by atoms with Crippen LogP contribution in [0.5, 0.6) is 0 Å². The van der Waals surface area contributed by atoms with E-state index in [4.69, 9.17) is 5.11 Å². The minimum atomic E-state index is -1.06. The Morgan fingerprint density at radius 3 is 2.39 bits per heavy atom. The van der Waals surface area contributed by atoms with Crippen molar-refractivity contribution < 1.29 is 19.5 Å². The summed E-state index contributed by atoms with van der Waals surface area (Å²) in [6.07, 6.45) is 2.29. The molecule has 104 valence electrons. The van der Waals surface area contributed by atoms with Crippen LogP contribution in [0.15, 0.2) is 0 Å². The number of thioether (sulfide) groups is 1. The highest BCUT2D eigenvalue weighted by Crippen LogP contribution is 2.08. The molecular formula is C11H20N2O4S. The Bertz CT molecular complexity index is 309. The molecule has 3 amide bonds. The molecule has 0 aromatic rings. The SMILES string of the molecule is CCC(CSC)N(C)C(=O)NC(=O)CCC(=O)O. The molecule has 0 saturated heterocycles. The van der Waals surface area contributed by atoms with Gasteiger partial charge in [-0.1, -0.05) is 6.92 Å². The fourth-order valence-corrected chi connectivity index (χ4v) is 2.20. The molecule has 1 atom stereocenters. The fourth-order valence-electron chi connectivity index (χ4n) is 1.35. The number of carbonyl (C=O) groups excluding carboxylic acids is 2. The smallest absolute Gasteiger partial charge is 0.324 e. The quantitative estimate of drug-likeness (QED) is 0.728. The van der Waals surface area contributed by atoms with Crippen molar-refractivity contribution in [2.24, 2.45) is 0 Å². The van der Waals surface area contributed by atoms with E-state index in [-0.39, 0.29) is 18.9 Å². The third-order valence-electron chi connectivity index (χ3n) is 2.51. The topological polar surface area (TPSA) is 86.7 Å². The van der Waals surface area contributed by atoms with Crippen LogP contribution in [-0.4, -0.2) is 53.0 Å². The molecule has 6 nitrogen and oxygen atoms in total. The Morgan fingerprint density at radius 1 is 1.33 bits per heavy atom. The molecule has 0 rings (SSSR count). The second-order valence-corrected chi connectivity index (χ2v) is 4.79. The van der Waals surface area contributed by atoms with Crippen molar-refractivity contribution in [1.29, 1.82) is 0 Å². The van der Waals surface area contributed by atoms with Gasteiger partial charge in [0.05, 0.1) is 6.42 Å². The van der Waals surface area contributed by atoms with Crippen molar-refractivity contribution in [1.82, 2.24) is 10.2 Å². The highest BCUT2D eigenvalue weighted by atomic mass is 32.2. The highest BCUT2D eigenvalue weighted by molar-refractivity contribution is 7.98. The second kappa shape index (κ2) is 8.79. The zero-order valence-corrected chi connectivity index (χ0v) is 11.7. The first-order chi connectivity index (χ1) is 8.42. The van der Waals surface area contributed by atoms with E-state index in [0.29, 0.717) is 0 Å². The van der Waals surface area contributed by atoms with Crippen LogP contribution < -0.4 is 5.32 Å². The predicted molar refractivity (Wildman–Crippen MR) is 70.6 cm³/mol. The van der Waals surface area contributed by atoms with E-state index >= 15 is 0 Å². The number of imide groups is 1. The molecule has 0 aromatic carbocycles. The number of hydrogen-bond acceptors (Lipinski definition) is 4. The number of carbonyl (C=O) groups is 3. The van der Waals surface area contributed by atoms with Gasteiger partial charge in [-0.25, -0.2) is 4.79 Å². The van der Waals surface area contributed by atoms with Gasteiger partial charge in [0, 0.05) is 25.3 Å². The van der Waals surface area contributed by atoms with Crippen molar-refractivity contribution in [3.05, 3.63) is 0 Å². The van der Waals surface area contributed by atoms with Gasteiger partial charge in [0.15, 0.2) is 0 Å². The lowest BCUT2D eigenvalue weighted by atomic mass is 10.2. The molecule has 0 saturated carbocycles. The summed E-state index contributed by atoms with van der Waals surface area (Å²) >= 11 is 1.63. The van der Waals surface area contributed by atoms with Crippen molar-refractivity contribution in [2.45, 2.75) is 32.2 Å². The van der Waals surface area contributed by atoms with E-state index in [1.807, 2.05) is 13.2 Å². The first kappa shape index (κ1) is 16.8. The molecule has 2 N–H and O–H groups in total. The van der Waals surface area contributed by atoms with Crippen molar-refractivity contribution >= 4 is 29.7 Å². The Balaban J connectivity index is 4.21. The van der Waals surface area contributed by atoms with Gasteiger partial charge >= 0.3 is 12.0 Å². The van der Waals surface area contributed by atoms with Crippen molar-refractivity contribution in [3.63, 3.8) is 0 Å². The second-order valence-electron chi connectivity index (χ2n) is 3.88. The summed E-state index contributed by atoms with van der Waals surface area (Å²) in [5.41, 5.74) is 0. The van der Waals surface area contributed by atoms with Crippen LogP contribution in [0.1, 0.15) is 26.2 Å². The average molecular weight is 276 g/mol. The first-order valence-electron chi connectivity index (χ1n) is 5.69. The maximum Gasteiger partial charge on any atom is 0.324 e. The molecular weight excluding hydrogens is 256 g/mol. The molecule has 0 aliphatic heterocycles. The molecule has 0 heterocycles. The summed E-state index contributed by atoms with van der Waals surface area (Å²) in [5.74, 6) is -0.822. The summed E-state index contributed by atoms with van der Waals surface area (Å²) in [6.45, 7) is 1.97. The summed E-state index contributed by atoms with van der Waals surface area (Å²) in [4.78, 5) is 34.8.